The minimum Gasteiger partial charge on any atom is -0.354 e. The first-order valence-corrected chi connectivity index (χ1v) is 6.07. The topological polar surface area (TPSA) is 28.2 Å². The Balaban J connectivity index is 2.19. The number of pyridine rings is 1. The monoisotopic (exact) mass is 239 g/mol. The van der Waals surface area contributed by atoms with Crippen molar-refractivity contribution in [3.8, 4) is 0 Å². The van der Waals surface area contributed by atoms with Crippen LogP contribution in [-0.2, 0) is 0 Å². The number of aromatic nitrogens is 1. The normalized spacial score (nSPS) is 25.9. The maximum Gasteiger partial charge on any atom is 0.128 e. The van der Waals surface area contributed by atoms with Crippen LogP contribution < -0.4 is 10.2 Å². The maximum absolute atomic E-state index is 5.98. The zero-order valence-corrected chi connectivity index (χ0v) is 10.8. The number of nitrogens with zero attached hydrogens (tertiary/aromatic N) is 2. The fourth-order valence-electron chi connectivity index (χ4n) is 2.21. The molecule has 2 atom stereocenters. The molecule has 2 unspecified atom stereocenters. The molecule has 1 aromatic rings. The van der Waals surface area contributed by atoms with E-state index in [1.807, 2.05) is 6.92 Å². The summed E-state index contributed by atoms with van der Waals surface area (Å²) < 4.78 is 0. The van der Waals surface area contributed by atoms with Crippen LogP contribution in [0.2, 0.25) is 5.02 Å². The molecule has 2 heterocycles. The average molecular weight is 240 g/mol. The predicted molar refractivity (Wildman–Crippen MR) is 68.3 cm³/mol. The van der Waals surface area contributed by atoms with Gasteiger partial charge in [-0.2, -0.15) is 0 Å². The first-order valence-electron chi connectivity index (χ1n) is 5.69. The summed E-state index contributed by atoms with van der Waals surface area (Å²) in [4.78, 5) is 6.71. The maximum atomic E-state index is 5.98. The average Bonchev–Trinajstić information content (AvgIpc) is 2.20. The smallest absolute Gasteiger partial charge is 0.128 e. The van der Waals surface area contributed by atoms with Crippen LogP contribution in [-0.4, -0.2) is 30.2 Å². The van der Waals surface area contributed by atoms with Gasteiger partial charge in [0.25, 0.3) is 0 Å². The molecule has 0 spiro atoms. The second-order valence-electron chi connectivity index (χ2n) is 4.67. The first-order chi connectivity index (χ1) is 7.56. The van der Waals surface area contributed by atoms with E-state index in [1.165, 1.54) is 0 Å². The highest BCUT2D eigenvalue weighted by Gasteiger charge is 2.21. The molecule has 0 saturated carbocycles. The highest BCUT2D eigenvalue weighted by molar-refractivity contribution is 6.31. The number of aryl methyl sites for hydroxylation is 1. The van der Waals surface area contributed by atoms with E-state index in [0.29, 0.717) is 12.1 Å². The molecule has 0 aromatic carbocycles. The van der Waals surface area contributed by atoms with Crippen LogP contribution in [0.3, 0.4) is 0 Å². The number of hydrogen-bond donors (Lipinski definition) is 1. The number of piperazine rings is 1. The highest BCUT2D eigenvalue weighted by Crippen LogP contribution is 2.21. The second kappa shape index (κ2) is 4.60. The number of halogens is 1. The Morgan fingerprint density at radius 1 is 1.38 bits per heavy atom. The van der Waals surface area contributed by atoms with E-state index < -0.39 is 0 Å². The van der Waals surface area contributed by atoms with Crippen molar-refractivity contribution >= 4 is 17.4 Å². The fraction of sp³-hybridized carbons (Fsp3) is 0.583. The van der Waals surface area contributed by atoms with Gasteiger partial charge in [0.05, 0.1) is 5.02 Å². The van der Waals surface area contributed by atoms with Gasteiger partial charge in [-0.3, -0.25) is 0 Å². The molecule has 1 saturated heterocycles. The quantitative estimate of drug-likeness (QED) is 0.815. The summed E-state index contributed by atoms with van der Waals surface area (Å²) in [7, 11) is 0. The lowest BCUT2D eigenvalue weighted by Gasteiger charge is -2.37. The molecule has 1 aliphatic heterocycles. The summed E-state index contributed by atoms with van der Waals surface area (Å²) in [6.07, 6.45) is 1.74. The molecule has 1 fully saturated rings. The molecule has 16 heavy (non-hydrogen) atoms. The molecule has 3 nitrogen and oxygen atoms in total. The molecule has 1 aromatic heterocycles. The van der Waals surface area contributed by atoms with Crippen LogP contribution in [0.5, 0.6) is 0 Å². The van der Waals surface area contributed by atoms with Crippen molar-refractivity contribution in [1.29, 1.82) is 0 Å². The van der Waals surface area contributed by atoms with E-state index in [-0.39, 0.29) is 0 Å². The standard InChI is InChI=1S/C12H18ClN3/c1-8-4-12(14-5-11(8)13)16-6-9(2)15-10(3)7-16/h4-5,9-10,15H,6-7H2,1-3H3. The minimum atomic E-state index is 0.501. The number of anilines is 1. The van der Waals surface area contributed by atoms with Crippen molar-refractivity contribution in [2.24, 2.45) is 0 Å². The zero-order valence-electron chi connectivity index (χ0n) is 10.00. The van der Waals surface area contributed by atoms with Crippen molar-refractivity contribution in [2.45, 2.75) is 32.9 Å². The summed E-state index contributed by atoms with van der Waals surface area (Å²) >= 11 is 5.98. The van der Waals surface area contributed by atoms with Crippen molar-refractivity contribution in [2.75, 3.05) is 18.0 Å². The summed E-state index contributed by atoms with van der Waals surface area (Å²) in [6.45, 7) is 8.41. The summed E-state index contributed by atoms with van der Waals surface area (Å²) in [5.74, 6) is 1.03. The Morgan fingerprint density at radius 3 is 2.56 bits per heavy atom. The van der Waals surface area contributed by atoms with Crippen LogP contribution in [0.1, 0.15) is 19.4 Å². The molecule has 0 bridgehead atoms. The van der Waals surface area contributed by atoms with E-state index in [2.05, 4.69) is 35.1 Å². The van der Waals surface area contributed by atoms with E-state index in [9.17, 15) is 0 Å². The zero-order chi connectivity index (χ0) is 11.7. The van der Waals surface area contributed by atoms with Gasteiger partial charge in [0, 0.05) is 31.4 Å². The summed E-state index contributed by atoms with van der Waals surface area (Å²) in [6, 6.07) is 3.07. The van der Waals surface area contributed by atoms with Crippen LogP contribution in [0, 0.1) is 6.92 Å². The molecule has 88 valence electrons. The van der Waals surface area contributed by atoms with Crippen LogP contribution in [0.15, 0.2) is 12.3 Å². The van der Waals surface area contributed by atoms with Crippen LogP contribution in [0.25, 0.3) is 0 Å². The van der Waals surface area contributed by atoms with E-state index in [0.717, 1.165) is 29.5 Å². The Kier molecular flexibility index (Phi) is 3.36. The molecule has 1 N–H and O–H groups in total. The van der Waals surface area contributed by atoms with Gasteiger partial charge in [0.15, 0.2) is 0 Å². The van der Waals surface area contributed by atoms with Gasteiger partial charge < -0.3 is 10.2 Å². The Morgan fingerprint density at radius 2 is 2.00 bits per heavy atom. The van der Waals surface area contributed by atoms with Gasteiger partial charge in [-0.25, -0.2) is 4.98 Å². The third-order valence-corrected chi connectivity index (χ3v) is 3.31. The molecule has 4 heteroatoms. The molecule has 0 aliphatic carbocycles. The van der Waals surface area contributed by atoms with Gasteiger partial charge in [-0.15, -0.1) is 0 Å². The Labute approximate surface area is 102 Å². The van der Waals surface area contributed by atoms with Crippen molar-refractivity contribution in [3.05, 3.63) is 22.8 Å². The third-order valence-electron chi connectivity index (χ3n) is 2.91. The first kappa shape index (κ1) is 11.7. The van der Waals surface area contributed by atoms with Crippen LogP contribution >= 0.6 is 11.6 Å². The SMILES string of the molecule is Cc1cc(N2CC(C)NC(C)C2)ncc1Cl. The van der Waals surface area contributed by atoms with Crippen molar-refractivity contribution < 1.29 is 0 Å². The van der Waals surface area contributed by atoms with E-state index in [1.54, 1.807) is 6.20 Å². The number of nitrogens with one attached hydrogen (secondary N) is 1. The van der Waals surface area contributed by atoms with Gasteiger partial charge in [-0.05, 0) is 32.4 Å². The predicted octanol–water partition coefficient (Wildman–Crippen LogP) is 2.23. The van der Waals surface area contributed by atoms with Crippen molar-refractivity contribution in [1.82, 2.24) is 10.3 Å². The second-order valence-corrected chi connectivity index (χ2v) is 5.07. The van der Waals surface area contributed by atoms with Gasteiger partial charge in [-0.1, -0.05) is 11.6 Å². The molecule has 0 amide bonds. The number of rotatable bonds is 1. The van der Waals surface area contributed by atoms with Gasteiger partial charge >= 0.3 is 0 Å². The summed E-state index contributed by atoms with van der Waals surface area (Å²) in [5.41, 5.74) is 1.09. The minimum absolute atomic E-state index is 0.501. The third kappa shape index (κ3) is 2.47. The van der Waals surface area contributed by atoms with Gasteiger partial charge in [0.1, 0.15) is 5.82 Å². The lowest BCUT2D eigenvalue weighted by Crippen LogP contribution is -2.54. The Bertz CT molecular complexity index is 371. The molecule has 0 radical (unpaired) electrons. The highest BCUT2D eigenvalue weighted by atomic mass is 35.5. The van der Waals surface area contributed by atoms with Crippen LogP contribution in [0.4, 0.5) is 5.82 Å². The van der Waals surface area contributed by atoms with Gasteiger partial charge in [0.2, 0.25) is 0 Å². The lowest BCUT2D eigenvalue weighted by atomic mass is 10.1. The Hall–Kier alpha value is -0.800. The van der Waals surface area contributed by atoms with E-state index >= 15 is 0 Å². The fourth-order valence-corrected chi connectivity index (χ4v) is 2.31. The molecular weight excluding hydrogens is 222 g/mol. The molecular formula is C12H18ClN3. The van der Waals surface area contributed by atoms with Crippen molar-refractivity contribution in [3.63, 3.8) is 0 Å². The largest absolute Gasteiger partial charge is 0.354 e. The van der Waals surface area contributed by atoms with E-state index in [4.69, 9.17) is 11.6 Å². The number of hydrogen-bond acceptors (Lipinski definition) is 3. The molecule has 2 rings (SSSR count). The molecule has 1 aliphatic rings. The summed E-state index contributed by atoms with van der Waals surface area (Å²) in [5, 5.41) is 4.25. The lowest BCUT2D eigenvalue weighted by molar-refractivity contribution is 0.405.